The number of para-hydroxylation sites is 1. The van der Waals surface area contributed by atoms with Gasteiger partial charge in [-0.1, -0.05) is 55.3 Å². The van der Waals surface area contributed by atoms with E-state index in [1.165, 1.54) is 23.2 Å². The first-order chi connectivity index (χ1) is 8.79. The Hall–Kier alpha value is -1.47. The predicted octanol–water partition coefficient (Wildman–Crippen LogP) is 4.90. The van der Waals surface area contributed by atoms with E-state index in [0.29, 0.717) is 0 Å². The van der Waals surface area contributed by atoms with Crippen LogP contribution in [0.25, 0.3) is 0 Å². The van der Waals surface area contributed by atoms with Crippen molar-refractivity contribution in [2.24, 2.45) is 0 Å². The topological polar surface area (TPSA) is 12.0 Å². The summed E-state index contributed by atoms with van der Waals surface area (Å²) in [7, 11) is 0. The zero-order valence-electron chi connectivity index (χ0n) is 10.6. The van der Waals surface area contributed by atoms with Gasteiger partial charge in [0.15, 0.2) is 0 Å². The molecule has 0 aliphatic carbocycles. The minimum Gasteiger partial charge on any atom is -0.381 e. The van der Waals surface area contributed by atoms with Crippen molar-refractivity contribution in [3.05, 3.63) is 64.7 Å². The number of rotatable bonds is 5. The minimum absolute atomic E-state index is 0.783. The minimum atomic E-state index is 0.783. The maximum atomic E-state index is 5.87. The van der Waals surface area contributed by atoms with Gasteiger partial charge in [-0.05, 0) is 35.7 Å². The van der Waals surface area contributed by atoms with Crippen LogP contribution >= 0.6 is 11.6 Å². The maximum Gasteiger partial charge on any atom is 0.0406 e. The molecule has 0 heterocycles. The molecule has 0 spiro atoms. The van der Waals surface area contributed by atoms with Gasteiger partial charge in [0.2, 0.25) is 0 Å². The fourth-order valence-corrected chi connectivity index (χ4v) is 2.11. The second kappa shape index (κ2) is 6.46. The van der Waals surface area contributed by atoms with Crippen molar-refractivity contribution in [3.63, 3.8) is 0 Å². The van der Waals surface area contributed by atoms with Crippen LogP contribution in [-0.2, 0) is 13.0 Å². The van der Waals surface area contributed by atoms with Crippen molar-refractivity contribution in [1.29, 1.82) is 0 Å². The van der Waals surface area contributed by atoms with Crippen LogP contribution in [0.5, 0.6) is 0 Å². The second-order valence-electron chi connectivity index (χ2n) is 4.39. The Morgan fingerprint density at radius 1 is 1.00 bits per heavy atom. The molecule has 0 bridgehead atoms. The van der Waals surface area contributed by atoms with E-state index in [2.05, 4.69) is 48.6 Å². The highest BCUT2D eigenvalue weighted by Crippen LogP contribution is 2.18. The Morgan fingerprint density at radius 2 is 1.72 bits per heavy atom. The zero-order valence-corrected chi connectivity index (χ0v) is 11.4. The number of halogens is 1. The Balaban J connectivity index is 2.03. The lowest BCUT2D eigenvalue weighted by Crippen LogP contribution is -2.02. The summed E-state index contributed by atoms with van der Waals surface area (Å²) in [4.78, 5) is 0. The van der Waals surface area contributed by atoms with Crippen molar-refractivity contribution < 1.29 is 0 Å². The summed E-state index contributed by atoms with van der Waals surface area (Å²) in [6.45, 7) is 3.04. The summed E-state index contributed by atoms with van der Waals surface area (Å²) >= 11 is 5.87. The van der Waals surface area contributed by atoms with Crippen LogP contribution in [0.4, 0.5) is 5.69 Å². The quantitative estimate of drug-likeness (QED) is 0.805. The average molecular weight is 260 g/mol. The molecule has 18 heavy (non-hydrogen) atoms. The lowest BCUT2D eigenvalue weighted by molar-refractivity contribution is 0.919. The van der Waals surface area contributed by atoms with Gasteiger partial charge in [-0.2, -0.15) is 0 Å². The molecule has 0 amide bonds. The highest BCUT2D eigenvalue weighted by molar-refractivity contribution is 6.30. The van der Waals surface area contributed by atoms with Crippen LogP contribution in [0, 0.1) is 0 Å². The lowest BCUT2D eigenvalue weighted by Gasteiger charge is -2.11. The zero-order chi connectivity index (χ0) is 12.8. The Morgan fingerprint density at radius 3 is 2.44 bits per heavy atom. The summed E-state index contributed by atoms with van der Waals surface area (Å²) in [5.74, 6) is 0. The molecule has 0 atom stereocenters. The van der Waals surface area contributed by atoms with Gasteiger partial charge < -0.3 is 5.32 Å². The molecular weight excluding hydrogens is 242 g/mol. The second-order valence-corrected chi connectivity index (χ2v) is 4.82. The number of benzene rings is 2. The molecule has 2 aromatic rings. The van der Waals surface area contributed by atoms with Gasteiger partial charge in [-0.15, -0.1) is 0 Å². The first-order valence-corrected chi connectivity index (χ1v) is 6.73. The lowest BCUT2D eigenvalue weighted by atomic mass is 10.1. The molecular formula is C16H18ClN. The van der Waals surface area contributed by atoms with Crippen molar-refractivity contribution in [2.75, 3.05) is 5.32 Å². The summed E-state index contributed by atoms with van der Waals surface area (Å²) in [5, 5.41) is 4.27. The van der Waals surface area contributed by atoms with Gasteiger partial charge in [0.1, 0.15) is 0 Å². The van der Waals surface area contributed by atoms with Crippen LogP contribution in [0.15, 0.2) is 48.5 Å². The van der Waals surface area contributed by atoms with Gasteiger partial charge in [0.05, 0.1) is 0 Å². The molecule has 1 N–H and O–H groups in total. The molecule has 0 fully saturated rings. The SMILES string of the molecule is CCCc1ccccc1NCc1ccc(Cl)cc1. The largest absolute Gasteiger partial charge is 0.381 e. The molecule has 2 aromatic carbocycles. The molecule has 2 rings (SSSR count). The number of aryl methyl sites for hydroxylation is 1. The van der Waals surface area contributed by atoms with Gasteiger partial charge in [-0.3, -0.25) is 0 Å². The summed E-state index contributed by atoms with van der Waals surface area (Å²) in [6.07, 6.45) is 2.28. The molecule has 0 aromatic heterocycles. The number of nitrogens with one attached hydrogen (secondary N) is 1. The van der Waals surface area contributed by atoms with Crippen LogP contribution < -0.4 is 5.32 Å². The van der Waals surface area contributed by atoms with Gasteiger partial charge in [0.25, 0.3) is 0 Å². The van der Waals surface area contributed by atoms with E-state index in [4.69, 9.17) is 11.6 Å². The number of hydrogen-bond donors (Lipinski definition) is 1. The predicted molar refractivity (Wildman–Crippen MR) is 79.2 cm³/mol. The van der Waals surface area contributed by atoms with Crippen LogP contribution in [0.2, 0.25) is 5.02 Å². The van der Waals surface area contributed by atoms with Crippen LogP contribution in [0.3, 0.4) is 0 Å². The van der Waals surface area contributed by atoms with Crippen LogP contribution in [-0.4, -0.2) is 0 Å². The highest BCUT2D eigenvalue weighted by atomic mass is 35.5. The fraction of sp³-hybridized carbons (Fsp3) is 0.250. The fourth-order valence-electron chi connectivity index (χ4n) is 1.98. The van der Waals surface area contributed by atoms with E-state index in [9.17, 15) is 0 Å². The normalized spacial score (nSPS) is 10.3. The summed E-state index contributed by atoms with van der Waals surface area (Å²) < 4.78 is 0. The Bertz CT molecular complexity index is 491. The molecule has 1 nitrogen and oxygen atoms in total. The molecule has 0 aliphatic heterocycles. The maximum absolute atomic E-state index is 5.87. The molecule has 2 heteroatoms. The molecule has 0 saturated heterocycles. The smallest absolute Gasteiger partial charge is 0.0406 e. The van der Waals surface area contributed by atoms with E-state index in [0.717, 1.165) is 18.0 Å². The van der Waals surface area contributed by atoms with E-state index in [1.54, 1.807) is 0 Å². The number of hydrogen-bond acceptors (Lipinski definition) is 1. The van der Waals surface area contributed by atoms with Crippen molar-refractivity contribution in [3.8, 4) is 0 Å². The molecule has 0 saturated carbocycles. The van der Waals surface area contributed by atoms with Crippen LogP contribution in [0.1, 0.15) is 24.5 Å². The Labute approximate surface area is 114 Å². The van der Waals surface area contributed by atoms with E-state index in [-0.39, 0.29) is 0 Å². The third kappa shape index (κ3) is 3.51. The molecule has 94 valence electrons. The summed E-state index contributed by atoms with van der Waals surface area (Å²) in [5.41, 5.74) is 3.86. The molecule has 0 aliphatic rings. The van der Waals surface area contributed by atoms with Crippen molar-refractivity contribution in [2.45, 2.75) is 26.3 Å². The first-order valence-electron chi connectivity index (χ1n) is 6.36. The standard InChI is InChI=1S/C16H18ClN/c1-2-5-14-6-3-4-7-16(14)18-12-13-8-10-15(17)11-9-13/h3-4,6-11,18H,2,5,12H2,1H3. The van der Waals surface area contributed by atoms with Gasteiger partial charge in [-0.25, -0.2) is 0 Å². The van der Waals surface area contributed by atoms with Gasteiger partial charge in [0, 0.05) is 17.3 Å². The monoisotopic (exact) mass is 259 g/mol. The average Bonchev–Trinajstić information content (AvgIpc) is 2.40. The van der Waals surface area contributed by atoms with E-state index >= 15 is 0 Å². The Kier molecular flexibility index (Phi) is 4.66. The third-order valence-corrected chi connectivity index (χ3v) is 3.18. The third-order valence-electron chi connectivity index (χ3n) is 2.93. The van der Waals surface area contributed by atoms with Crippen molar-refractivity contribution >= 4 is 17.3 Å². The number of anilines is 1. The van der Waals surface area contributed by atoms with Gasteiger partial charge >= 0.3 is 0 Å². The first kappa shape index (κ1) is 13.0. The molecule has 0 radical (unpaired) electrons. The summed E-state index contributed by atoms with van der Waals surface area (Å²) in [6, 6.07) is 16.5. The van der Waals surface area contributed by atoms with E-state index < -0.39 is 0 Å². The molecule has 0 unspecified atom stereocenters. The highest BCUT2D eigenvalue weighted by Gasteiger charge is 2.00. The van der Waals surface area contributed by atoms with E-state index in [1.807, 2.05) is 12.1 Å². The van der Waals surface area contributed by atoms with Crippen molar-refractivity contribution in [1.82, 2.24) is 0 Å².